The van der Waals surface area contributed by atoms with Crippen LogP contribution in [0.3, 0.4) is 0 Å². The van der Waals surface area contributed by atoms with Crippen LogP contribution in [0.4, 0.5) is 5.69 Å². The van der Waals surface area contributed by atoms with E-state index in [0.29, 0.717) is 28.0 Å². The Kier molecular flexibility index (Phi) is 7.36. The van der Waals surface area contributed by atoms with Crippen molar-refractivity contribution in [2.75, 3.05) is 32.4 Å². The van der Waals surface area contributed by atoms with E-state index in [4.69, 9.17) is 14.2 Å². The van der Waals surface area contributed by atoms with E-state index in [1.165, 1.54) is 11.8 Å². The maximum absolute atomic E-state index is 12.3. The third kappa shape index (κ3) is 5.27. The Hall–Kier alpha value is -3.26. The summed E-state index contributed by atoms with van der Waals surface area (Å²) in [5.74, 6) is 1.75. The lowest BCUT2D eigenvalue weighted by atomic mass is 10.1. The van der Waals surface area contributed by atoms with Gasteiger partial charge < -0.3 is 19.5 Å². The van der Waals surface area contributed by atoms with Crippen molar-refractivity contribution < 1.29 is 19.0 Å². The molecular weight excluding hydrogens is 414 g/mol. The summed E-state index contributed by atoms with van der Waals surface area (Å²) in [4.78, 5) is 12.3. The number of hydrogen-bond donors (Lipinski definition) is 1. The minimum Gasteiger partial charge on any atom is -0.493 e. The number of ether oxygens (including phenoxy) is 3. The van der Waals surface area contributed by atoms with Crippen molar-refractivity contribution in [3.05, 3.63) is 53.6 Å². The fourth-order valence-electron chi connectivity index (χ4n) is 2.99. The van der Waals surface area contributed by atoms with Gasteiger partial charge in [-0.2, -0.15) is 0 Å². The van der Waals surface area contributed by atoms with Gasteiger partial charge in [0.25, 0.3) is 0 Å². The van der Waals surface area contributed by atoms with E-state index in [0.717, 1.165) is 22.4 Å². The fourth-order valence-corrected chi connectivity index (χ4v) is 3.61. The Bertz CT molecular complexity index is 1050. The topological polar surface area (TPSA) is 82.6 Å². The SMILES string of the molecule is COc1cc(-c2ccc(SCC(=O)Nc3cccc(C)c3C)nn2)cc(OC)c1OC. The quantitative estimate of drug-likeness (QED) is 0.517. The van der Waals surface area contributed by atoms with Gasteiger partial charge in [-0.15, -0.1) is 10.2 Å². The monoisotopic (exact) mass is 439 g/mol. The predicted octanol–water partition coefficient (Wildman–Crippen LogP) is 4.52. The standard InChI is InChI=1S/C23H25N3O4S/c1-14-7-6-8-17(15(14)2)24-21(27)13-31-22-10-9-18(25-26-22)16-11-19(28-3)23(30-5)20(12-16)29-4/h6-12H,13H2,1-5H3,(H,24,27). The second-order valence-corrected chi connectivity index (χ2v) is 7.75. The summed E-state index contributed by atoms with van der Waals surface area (Å²) in [5.41, 5.74) is 4.47. The molecule has 3 rings (SSSR count). The van der Waals surface area contributed by atoms with Crippen LogP contribution in [0.1, 0.15) is 11.1 Å². The minimum absolute atomic E-state index is 0.0887. The summed E-state index contributed by atoms with van der Waals surface area (Å²) in [7, 11) is 4.69. The highest BCUT2D eigenvalue weighted by molar-refractivity contribution is 7.99. The van der Waals surface area contributed by atoms with Crippen molar-refractivity contribution >= 4 is 23.4 Å². The van der Waals surface area contributed by atoms with Gasteiger partial charge in [-0.1, -0.05) is 23.9 Å². The number of benzene rings is 2. The minimum atomic E-state index is -0.0887. The molecule has 162 valence electrons. The molecule has 0 spiro atoms. The summed E-state index contributed by atoms with van der Waals surface area (Å²) in [6.45, 7) is 4.01. The lowest BCUT2D eigenvalue weighted by Crippen LogP contribution is -2.15. The van der Waals surface area contributed by atoms with Crippen LogP contribution in [0.2, 0.25) is 0 Å². The molecule has 0 saturated carbocycles. The van der Waals surface area contributed by atoms with Gasteiger partial charge in [-0.3, -0.25) is 4.79 Å². The Morgan fingerprint density at radius 3 is 2.26 bits per heavy atom. The molecule has 0 aliphatic carbocycles. The van der Waals surface area contributed by atoms with E-state index in [9.17, 15) is 4.79 Å². The molecule has 2 aromatic carbocycles. The summed E-state index contributed by atoms with van der Waals surface area (Å²) in [5, 5.41) is 12.1. The molecule has 8 heteroatoms. The van der Waals surface area contributed by atoms with E-state index < -0.39 is 0 Å². The van der Waals surface area contributed by atoms with Crippen molar-refractivity contribution in [2.45, 2.75) is 18.9 Å². The van der Waals surface area contributed by atoms with Gasteiger partial charge in [0, 0.05) is 11.3 Å². The molecule has 1 amide bonds. The first-order chi connectivity index (χ1) is 15.0. The van der Waals surface area contributed by atoms with Gasteiger partial charge in [-0.05, 0) is 55.3 Å². The predicted molar refractivity (Wildman–Crippen MR) is 122 cm³/mol. The molecule has 0 aliphatic heterocycles. The van der Waals surface area contributed by atoms with Gasteiger partial charge >= 0.3 is 0 Å². The van der Waals surface area contributed by atoms with Crippen molar-refractivity contribution in [3.63, 3.8) is 0 Å². The molecule has 3 aromatic rings. The molecule has 0 saturated heterocycles. The van der Waals surface area contributed by atoms with E-state index in [-0.39, 0.29) is 11.7 Å². The third-order valence-corrected chi connectivity index (χ3v) is 5.75. The van der Waals surface area contributed by atoms with E-state index >= 15 is 0 Å². The number of nitrogens with zero attached hydrogens (tertiary/aromatic N) is 2. The Balaban J connectivity index is 1.68. The maximum Gasteiger partial charge on any atom is 0.234 e. The highest BCUT2D eigenvalue weighted by Gasteiger charge is 2.15. The van der Waals surface area contributed by atoms with Crippen molar-refractivity contribution in [1.82, 2.24) is 10.2 Å². The number of carbonyl (C=O) groups is 1. The molecule has 1 aromatic heterocycles. The molecule has 1 N–H and O–H groups in total. The summed E-state index contributed by atoms with van der Waals surface area (Å²) in [6.07, 6.45) is 0. The average molecular weight is 440 g/mol. The van der Waals surface area contributed by atoms with Gasteiger partial charge in [0.1, 0.15) is 5.03 Å². The lowest BCUT2D eigenvalue weighted by Gasteiger charge is -2.13. The number of nitrogens with one attached hydrogen (secondary N) is 1. The number of amides is 1. The number of methoxy groups -OCH3 is 3. The molecule has 0 fully saturated rings. The van der Waals surface area contributed by atoms with Crippen molar-refractivity contribution in [3.8, 4) is 28.5 Å². The van der Waals surface area contributed by atoms with Crippen LogP contribution >= 0.6 is 11.8 Å². The normalized spacial score (nSPS) is 10.5. The first-order valence-electron chi connectivity index (χ1n) is 9.59. The number of aryl methyl sites for hydroxylation is 1. The first kappa shape index (κ1) is 22.4. The van der Waals surface area contributed by atoms with Crippen LogP contribution in [0, 0.1) is 13.8 Å². The number of rotatable bonds is 8. The maximum atomic E-state index is 12.3. The van der Waals surface area contributed by atoms with Gasteiger partial charge in [0.05, 0.1) is 32.8 Å². The third-order valence-electron chi connectivity index (χ3n) is 4.83. The first-order valence-corrected chi connectivity index (χ1v) is 10.6. The van der Waals surface area contributed by atoms with Crippen LogP contribution < -0.4 is 19.5 Å². The molecule has 7 nitrogen and oxygen atoms in total. The van der Waals surface area contributed by atoms with E-state index in [2.05, 4.69) is 15.5 Å². The highest BCUT2D eigenvalue weighted by Crippen LogP contribution is 2.40. The zero-order valence-corrected chi connectivity index (χ0v) is 19.0. The van der Waals surface area contributed by atoms with E-state index in [1.54, 1.807) is 21.3 Å². The summed E-state index contributed by atoms with van der Waals surface area (Å²) < 4.78 is 16.1. The Morgan fingerprint density at radius 1 is 0.968 bits per heavy atom. The zero-order chi connectivity index (χ0) is 22.4. The van der Waals surface area contributed by atoms with Gasteiger partial charge in [-0.25, -0.2) is 0 Å². The van der Waals surface area contributed by atoms with Crippen LogP contribution in [0.15, 0.2) is 47.5 Å². The largest absolute Gasteiger partial charge is 0.493 e. The molecule has 0 aliphatic rings. The second-order valence-electron chi connectivity index (χ2n) is 6.76. The molecular formula is C23H25N3O4S. The number of anilines is 1. The Morgan fingerprint density at radius 2 is 1.68 bits per heavy atom. The molecule has 0 unspecified atom stereocenters. The Labute approximate surface area is 186 Å². The van der Waals surface area contributed by atoms with Crippen LogP contribution in [0.25, 0.3) is 11.3 Å². The average Bonchev–Trinajstić information content (AvgIpc) is 2.80. The van der Waals surface area contributed by atoms with Crippen LogP contribution in [-0.4, -0.2) is 43.2 Å². The van der Waals surface area contributed by atoms with E-state index in [1.807, 2.05) is 56.3 Å². The number of carbonyl (C=O) groups excluding carboxylic acids is 1. The molecule has 0 bridgehead atoms. The summed E-state index contributed by atoms with van der Waals surface area (Å²) in [6, 6.07) is 13.2. The fraction of sp³-hybridized carbons (Fsp3) is 0.261. The van der Waals surface area contributed by atoms with Crippen molar-refractivity contribution in [2.24, 2.45) is 0 Å². The number of thioether (sulfide) groups is 1. The van der Waals surface area contributed by atoms with Crippen LogP contribution in [0.5, 0.6) is 17.2 Å². The number of hydrogen-bond acceptors (Lipinski definition) is 7. The smallest absolute Gasteiger partial charge is 0.234 e. The summed E-state index contributed by atoms with van der Waals surface area (Å²) >= 11 is 1.33. The van der Waals surface area contributed by atoms with Crippen molar-refractivity contribution in [1.29, 1.82) is 0 Å². The van der Waals surface area contributed by atoms with Crippen LogP contribution in [-0.2, 0) is 4.79 Å². The second kappa shape index (κ2) is 10.2. The molecule has 31 heavy (non-hydrogen) atoms. The van der Waals surface area contributed by atoms with Gasteiger partial charge in [0.2, 0.25) is 11.7 Å². The zero-order valence-electron chi connectivity index (χ0n) is 18.2. The lowest BCUT2D eigenvalue weighted by molar-refractivity contribution is -0.113. The number of aromatic nitrogens is 2. The molecule has 1 heterocycles. The van der Waals surface area contributed by atoms with Gasteiger partial charge in [0.15, 0.2) is 11.5 Å². The molecule has 0 atom stereocenters. The highest BCUT2D eigenvalue weighted by atomic mass is 32.2. The molecule has 0 radical (unpaired) electrons.